The van der Waals surface area contributed by atoms with E-state index in [1.165, 1.54) is 4.88 Å². The van der Waals surface area contributed by atoms with E-state index < -0.39 is 0 Å². The van der Waals surface area contributed by atoms with Crippen LogP contribution in [0.15, 0.2) is 17.5 Å². The van der Waals surface area contributed by atoms with Gasteiger partial charge in [-0.25, -0.2) is 0 Å². The Hall–Kier alpha value is -0.830. The minimum absolute atomic E-state index is 0.181. The van der Waals surface area contributed by atoms with Crippen LogP contribution in [-0.4, -0.2) is 12.5 Å². The molecule has 1 amide bonds. The van der Waals surface area contributed by atoms with Gasteiger partial charge in [-0.05, 0) is 30.2 Å². The van der Waals surface area contributed by atoms with Crippen molar-refractivity contribution in [3.8, 4) is 0 Å². The van der Waals surface area contributed by atoms with Crippen molar-refractivity contribution in [2.75, 3.05) is 6.54 Å². The van der Waals surface area contributed by atoms with E-state index in [-0.39, 0.29) is 5.91 Å². The Balaban J connectivity index is 2.07. The molecule has 0 bridgehead atoms. The lowest BCUT2D eigenvalue weighted by Crippen LogP contribution is -2.26. The average molecular weight is 225 g/mol. The van der Waals surface area contributed by atoms with Gasteiger partial charge in [-0.1, -0.05) is 19.9 Å². The van der Waals surface area contributed by atoms with Gasteiger partial charge in [-0.15, -0.1) is 11.3 Å². The molecular formula is C12H19NOS. The highest BCUT2D eigenvalue weighted by Crippen LogP contribution is 2.11. The fourth-order valence-corrected chi connectivity index (χ4v) is 2.04. The van der Waals surface area contributed by atoms with Crippen LogP contribution in [0, 0.1) is 5.92 Å². The Kier molecular flexibility index (Phi) is 5.40. The molecule has 0 aliphatic carbocycles. The molecule has 0 atom stereocenters. The lowest BCUT2D eigenvalue weighted by atomic mass is 10.2. The Morgan fingerprint density at radius 2 is 2.33 bits per heavy atom. The lowest BCUT2D eigenvalue weighted by molar-refractivity contribution is -0.121. The Morgan fingerprint density at radius 3 is 2.93 bits per heavy atom. The summed E-state index contributed by atoms with van der Waals surface area (Å²) in [5.41, 5.74) is 0. The van der Waals surface area contributed by atoms with Crippen molar-refractivity contribution in [2.24, 2.45) is 5.92 Å². The molecule has 0 fully saturated rings. The van der Waals surface area contributed by atoms with Gasteiger partial charge in [0.25, 0.3) is 0 Å². The molecule has 0 radical (unpaired) electrons. The van der Waals surface area contributed by atoms with Crippen molar-refractivity contribution in [3.63, 3.8) is 0 Å². The standard InChI is InChI=1S/C12H19NOS/c1-10(2)9-13-12(14)7-3-5-11-6-4-8-15-11/h4,6,8,10H,3,5,7,9H2,1-2H3,(H,13,14). The highest BCUT2D eigenvalue weighted by Gasteiger charge is 2.02. The van der Waals surface area contributed by atoms with Crippen LogP contribution in [0.5, 0.6) is 0 Å². The van der Waals surface area contributed by atoms with Crippen LogP contribution in [0.25, 0.3) is 0 Å². The summed E-state index contributed by atoms with van der Waals surface area (Å²) in [6, 6.07) is 4.18. The van der Waals surface area contributed by atoms with E-state index in [2.05, 4.69) is 36.7 Å². The van der Waals surface area contributed by atoms with Gasteiger partial charge in [0.05, 0.1) is 0 Å². The van der Waals surface area contributed by atoms with Gasteiger partial charge in [0.15, 0.2) is 0 Å². The van der Waals surface area contributed by atoms with Gasteiger partial charge in [0.2, 0.25) is 5.91 Å². The summed E-state index contributed by atoms with van der Waals surface area (Å²) in [6.45, 7) is 5.00. The molecule has 1 N–H and O–H groups in total. The fourth-order valence-electron chi connectivity index (χ4n) is 1.28. The molecule has 3 heteroatoms. The van der Waals surface area contributed by atoms with Crippen molar-refractivity contribution < 1.29 is 4.79 Å². The molecule has 0 spiro atoms. The van der Waals surface area contributed by atoms with Crippen LogP contribution in [0.3, 0.4) is 0 Å². The summed E-state index contributed by atoms with van der Waals surface area (Å²) in [5.74, 6) is 0.714. The maximum absolute atomic E-state index is 11.4. The minimum Gasteiger partial charge on any atom is -0.356 e. The molecule has 1 rings (SSSR count). The van der Waals surface area contributed by atoms with Gasteiger partial charge < -0.3 is 5.32 Å². The van der Waals surface area contributed by atoms with Crippen LogP contribution in [0.4, 0.5) is 0 Å². The first-order valence-corrected chi connectivity index (χ1v) is 6.35. The molecule has 1 aromatic rings. The van der Waals surface area contributed by atoms with Crippen LogP contribution in [0.2, 0.25) is 0 Å². The summed E-state index contributed by atoms with van der Waals surface area (Å²) >= 11 is 1.76. The van der Waals surface area contributed by atoms with Gasteiger partial charge >= 0.3 is 0 Å². The van der Waals surface area contributed by atoms with E-state index in [1.54, 1.807) is 11.3 Å². The zero-order valence-electron chi connectivity index (χ0n) is 9.45. The molecule has 84 valence electrons. The number of nitrogens with one attached hydrogen (secondary N) is 1. The maximum Gasteiger partial charge on any atom is 0.220 e. The zero-order chi connectivity index (χ0) is 11.1. The molecular weight excluding hydrogens is 206 g/mol. The number of rotatable bonds is 6. The number of thiophene rings is 1. The highest BCUT2D eigenvalue weighted by atomic mass is 32.1. The van der Waals surface area contributed by atoms with Crippen molar-refractivity contribution in [3.05, 3.63) is 22.4 Å². The third-order valence-corrected chi connectivity index (χ3v) is 3.05. The summed E-state index contributed by atoms with van der Waals surface area (Å²) in [6.07, 6.45) is 2.61. The molecule has 1 heterocycles. The normalized spacial score (nSPS) is 10.6. The number of carbonyl (C=O) groups is 1. The largest absolute Gasteiger partial charge is 0.356 e. The second-order valence-corrected chi connectivity index (χ2v) is 5.16. The van der Waals surface area contributed by atoms with Gasteiger partial charge in [-0.2, -0.15) is 0 Å². The molecule has 0 aliphatic rings. The summed E-state index contributed by atoms with van der Waals surface area (Å²) in [7, 11) is 0. The smallest absolute Gasteiger partial charge is 0.220 e. The molecule has 15 heavy (non-hydrogen) atoms. The highest BCUT2D eigenvalue weighted by molar-refractivity contribution is 7.09. The van der Waals surface area contributed by atoms with Crippen molar-refractivity contribution in [2.45, 2.75) is 33.1 Å². The summed E-state index contributed by atoms with van der Waals surface area (Å²) in [5, 5.41) is 5.00. The summed E-state index contributed by atoms with van der Waals surface area (Å²) < 4.78 is 0. The number of amides is 1. The van der Waals surface area contributed by atoms with Crippen molar-refractivity contribution in [1.82, 2.24) is 5.32 Å². The number of hydrogen-bond donors (Lipinski definition) is 1. The number of carbonyl (C=O) groups excluding carboxylic acids is 1. The van der Waals surface area contributed by atoms with E-state index in [0.717, 1.165) is 19.4 Å². The van der Waals surface area contributed by atoms with Gasteiger partial charge in [0, 0.05) is 17.8 Å². The SMILES string of the molecule is CC(C)CNC(=O)CCCc1cccs1. The van der Waals surface area contributed by atoms with E-state index in [9.17, 15) is 4.79 Å². The third kappa shape index (κ3) is 5.57. The zero-order valence-corrected chi connectivity index (χ0v) is 10.3. The van der Waals surface area contributed by atoms with E-state index >= 15 is 0 Å². The van der Waals surface area contributed by atoms with E-state index in [4.69, 9.17) is 0 Å². The van der Waals surface area contributed by atoms with Gasteiger partial charge in [0.1, 0.15) is 0 Å². The topological polar surface area (TPSA) is 29.1 Å². The van der Waals surface area contributed by atoms with Crippen LogP contribution >= 0.6 is 11.3 Å². The quantitative estimate of drug-likeness (QED) is 0.792. The molecule has 0 saturated heterocycles. The number of aryl methyl sites for hydroxylation is 1. The molecule has 0 unspecified atom stereocenters. The summed E-state index contributed by atoms with van der Waals surface area (Å²) in [4.78, 5) is 12.7. The lowest BCUT2D eigenvalue weighted by Gasteiger charge is -2.06. The van der Waals surface area contributed by atoms with Crippen LogP contribution in [-0.2, 0) is 11.2 Å². The predicted octanol–water partition coefficient (Wildman–Crippen LogP) is 2.84. The predicted molar refractivity (Wildman–Crippen MR) is 65.1 cm³/mol. The molecule has 0 aliphatic heterocycles. The minimum atomic E-state index is 0.181. The number of hydrogen-bond acceptors (Lipinski definition) is 2. The molecule has 2 nitrogen and oxygen atoms in total. The van der Waals surface area contributed by atoms with Gasteiger partial charge in [-0.3, -0.25) is 4.79 Å². The third-order valence-electron chi connectivity index (χ3n) is 2.11. The van der Waals surface area contributed by atoms with Crippen molar-refractivity contribution in [1.29, 1.82) is 0 Å². The Morgan fingerprint density at radius 1 is 1.53 bits per heavy atom. The Bertz CT molecular complexity index is 280. The first kappa shape index (κ1) is 12.2. The second kappa shape index (κ2) is 6.62. The second-order valence-electron chi connectivity index (χ2n) is 4.13. The fraction of sp³-hybridized carbons (Fsp3) is 0.583. The molecule has 1 aromatic heterocycles. The maximum atomic E-state index is 11.4. The monoisotopic (exact) mass is 225 g/mol. The first-order chi connectivity index (χ1) is 7.18. The van der Waals surface area contributed by atoms with Crippen molar-refractivity contribution >= 4 is 17.2 Å². The first-order valence-electron chi connectivity index (χ1n) is 5.47. The van der Waals surface area contributed by atoms with Crippen LogP contribution < -0.4 is 5.32 Å². The Labute approximate surface area is 95.7 Å². The van der Waals surface area contributed by atoms with Crippen LogP contribution in [0.1, 0.15) is 31.6 Å². The van der Waals surface area contributed by atoms with E-state index in [1.807, 2.05) is 0 Å². The molecule has 0 saturated carbocycles. The van der Waals surface area contributed by atoms with E-state index in [0.29, 0.717) is 12.3 Å². The molecule has 0 aromatic carbocycles. The average Bonchev–Trinajstić information content (AvgIpc) is 2.67.